The van der Waals surface area contributed by atoms with Gasteiger partial charge in [0.25, 0.3) is 5.91 Å². The number of hydrogen-bond donors (Lipinski definition) is 2. The van der Waals surface area contributed by atoms with Crippen molar-refractivity contribution >= 4 is 11.8 Å². The van der Waals surface area contributed by atoms with E-state index in [-0.39, 0.29) is 11.5 Å². The van der Waals surface area contributed by atoms with Crippen LogP contribution in [0.25, 0.3) is 11.4 Å². The van der Waals surface area contributed by atoms with Gasteiger partial charge in [0, 0.05) is 30.4 Å². The Morgan fingerprint density at radius 1 is 1.17 bits per heavy atom. The molecule has 0 fully saturated rings. The Hall–Kier alpha value is -2.83. The Balaban J connectivity index is 2.09. The Morgan fingerprint density at radius 3 is 2.30 bits per heavy atom. The molecule has 7 nitrogen and oxygen atoms in total. The average Bonchev–Trinajstić information content (AvgIpc) is 2.54. The molecule has 0 aliphatic rings. The van der Waals surface area contributed by atoms with E-state index in [2.05, 4.69) is 20.3 Å². The summed E-state index contributed by atoms with van der Waals surface area (Å²) in [6, 6.07) is 2.85. The number of carbonyl (C=O) groups is 2. The highest BCUT2D eigenvalue weighted by Gasteiger charge is 2.20. The second-order valence-corrected chi connectivity index (χ2v) is 5.59. The second kappa shape index (κ2) is 7.44. The standard InChI is InChI=1S/C16H19N5O2/c1-10(2)7-13(14(17)22)21-16(23)12-8-19-15(20-9-12)11-3-5-18-6-4-11/h3-6,8-10,13H,7H2,1-2H3,(H2,17,22)(H,21,23)/t13-/m1/s1. The molecule has 0 bridgehead atoms. The van der Waals surface area contributed by atoms with Gasteiger partial charge in [-0.2, -0.15) is 0 Å². The monoisotopic (exact) mass is 313 g/mol. The molecule has 0 saturated carbocycles. The Morgan fingerprint density at radius 2 is 1.78 bits per heavy atom. The molecule has 7 heteroatoms. The topological polar surface area (TPSA) is 111 Å². The van der Waals surface area contributed by atoms with Crippen molar-refractivity contribution in [3.8, 4) is 11.4 Å². The molecule has 2 aromatic heterocycles. The van der Waals surface area contributed by atoms with Gasteiger partial charge in [0.05, 0.1) is 5.56 Å². The molecule has 2 amide bonds. The molecular formula is C16H19N5O2. The predicted molar refractivity (Wildman–Crippen MR) is 85.2 cm³/mol. The first-order valence-electron chi connectivity index (χ1n) is 7.30. The molecule has 0 aromatic carbocycles. The van der Waals surface area contributed by atoms with Gasteiger partial charge in [0.2, 0.25) is 5.91 Å². The van der Waals surface area contributed by atoms with E-state index in [1.165, 1.54) is 12.4 Å². The summed E-state index contributed by atoms with van der Waals surface area (Å²) in [6.07, 6.45) is 6.61. The third-order valence-electron chi connectivity index (χ3n) is 3.21. The SMILES string of the molecule is CC(C)C[C@@H](NC(=O)c1cnc(-c2ccncc2)nc1)C(N)=O. The number of rotatable bonds is 6. The van der Waals surface area contributed by atoms with Crippen LogP contribution in [0.1, 0.15) is 30.6 Å². The normalized spacial score (nSPS) is 12.0. The number of nitrogens with one attached hydrogen (secondary N) is 1. The zero-order valence-corrected chi connectivity index (χ0v) is 13.1. The average molecular weight is 313 g/mol. The minimum Gasteiger partial charge on any atom is -0.368 e. The van der Waals surface area contributed by atoms with Gasteiger partial charge < -0.3 is 11.1 Å². The smallest absolute Gasteiger partial charge is 0.255 e. The van der Waals surface area contributed by atoms with Crippen LogP contribution in [-0.2, 0) is 4.79 Å². The summed E-state index contributed by atoms with van der Waals surface area (Å²) in [6.45, 7) is 3.91. The van der Waals surface area contributed by atoms with Crippen molar-refractivity contribution in [2.75, 3.05) is 0 Å². The number of pyridine rings is 1. The zero-order chi connectivity index (χ0) is 16.8. The number of amides is 2. The summed E-state index contributed by atoms with van der Waals surface area (Å²) in [7, 11) is 0. The summed E-state index contributed by atoms with van der Waals surface area (Å²) in [5.41, 5.74) is 6.40. The van der Waals surface area contributed by atoms with Gasteiger partial charge in [0.1, 0.15) is 6.04 Å². The van der Waals surface area contributed by atoms with Gasteiger partial charge >= 0.3 is 0 Å². The summed E-state index contributed by atoms with van der Waals surface area (Å²) >= 11 is 0. The van der Waals surface area contributed by atoms with Gasteiger partial charge in [-0.1, -0.05) is 13.8 Å². The lowest BCUT2D eigenvalue weighted by Crippen LogP contribution is -2.45. The highest BCUT2D eigenvalue weighted by molar-refractivity contribution is 5.96. The summed E-state index contributed by atoms with van der Waals surface area (Å²) in [4.78, 5) is 35.9. The lowest BCUT2D eigenvalue weighted by atomic mass is 10.0. The van der Waals surface area contributed by atoms with Gasteiger partial charge in [-0.05, 0) is 24.5 Å². The Bertz CT molecular complexity index is 671. The summed E-state index contributed by atoms with van der Waals surface area (Å²) in [5.74, 6) is -0.243. The highest BCUT2D eigenvalue weighted by atomic mass is 16.2. The fourth-order valence-electron chi connectivity index (χ4n) is 2.05. The van der Waals surface area contributed by atoms with Crippen molar-refractivity contribution < 1.29 is 9.59 Å². The lowest BCUT2D eigenvalue weighted by molar-refractivity contribution is -0.120. The van der Waals surface area contributed by atoms with Crippen LogP contribution in [0.2, 0.25) is 0 Å². The van der Waals surface area contributed by atoms with Crippen LogP contribution in [0.15, 0.2) is 36.9 Å². The molecule has 0 saturated heterocycles. The third kappa shape index (κ3) is 4.57. The second-order valence-electron chi connectivity index (χ2n) is 5.59. The predicted octanol–water partition coefficient (Wildman–Crippen LogP) is 1.17. The van der Waals surface area contributed by atoms with E-state index in [0.717, 1.165) is 5.56 Å². The number of hydrogen-bond acceptors (Lipinski definition) is 5. The van der Waals surface area contributed by atoms with Crippen molar-refractivity contribution in [3.63, 3.8) is 0 Å². The first kappa shape index (κ1) is 16.5. The Kier molecular flexibility index (Phi) is 5.35. The molecule has 0 aliphatic carbocycles. The van der Waals surface area contributed by atoms with Crippen molar-refractivity contribution in [2.24, 2.45) is 11.7 Å². The quantitative estimate of drug-likeness (QED) is 0.831. The summed E-state index contributed by atoms with van der Waals surface area (Å²) in [5, 5.41) is 2.62. The first-order valence-corrected chi connectivity index (χ1v) is 7.30. The molecule has 3 N–H and O–H groups in total. The minimum atomic E-state index is -0.706. The number of aromatic nitrogens is 3. The van der Waals surface area contributed by atoms with E-state index in [4.69, 9.17) is 5.73 Å². The molecular weight excluding hydrogens is 294 g/mol. The maximum Gasteiger partial charge on any atom is 0.255 e. The maximum atomic E-state index is 12.2. The van der Waals surface area contributed by atoms with Crippen LogP contribution in [0.5, 0.6) is 0 Å². The van der Waals surface area contributed by atoms with E-state index >= 15 is 0 Å². The van der Waals surface area contributed by atoms with Crippen LogP contribution in [0.3, 0.4) is 0 Å². The molecule has 120 valence electrons. The van der Waals surface area contributed by atoms with Crippen molar-refractivity contribution in [1.82, 2.24) is 20.3 Å². The fourth-order valence-corrected chi connectivity index (χ4v) is 2.05. The number of primary amides is 1. The van der Waals surface area contributed by atoms with Crippen LogP contribution in [0, 0.1) is 5.92 Å². The molecule has 2 rings (SSSR count). The summed E-state index contributed by atoms with van der Waals surface area (Å²) < 4.78 is 0. The molecule has 2 aromatic rings. The van der Waals surface area contributed by atoms with E-state index in [9.17, 15) is 9.59 Å². The van der Waals surface area contributed by atoms with Gasteiger partial charge in [-0.25, -0.2) is 9.97 Å². The van der Waals surface area contributed by atoms with Crippen LogP contribution in [-0.4, -0.2) is 32.8 Å². The van der Waals surface area contributed by atoms with Crippen molar-refractivity contribution in [1.29, 1.82) is 0 Å². The molecule has 0 radical (unpaired) electrons. The van der Waals surface area contributed by atoms with Crippen molar-refractivity contribution in [3.05, 3.63) is 42.5 Å². The van der Waals surface area contributed by atoms with Gasteiger partial charge in [0.15, 0.2) is 5.82 Å². The van der Waals surface area contributed by atoms with Gasteiger partial charge in [-0.15, -0.1) is 0 Å². The maximum absolute atomic E-state index is 12.2. The molecule has 0 aliphatic heterocycles. The molecule has 1 atom stereocenters. The third-order valence-corrected chi connectivity index (χ3v) is 3.21. The Labute approximate surface area is 134 Å². The van der Waals surface area contributed by atoms with Crippen LogP contribution in [0.4, 0.5) is 0 Å². The minimum absolute atomic E-state index is 0.234. The number of nitrogens with zero attached hydrogens (tertiary/aromatic N) is 3. The van der Waals surface area contributed by atoms with E-state index in [0.29, 0.717) is 12.2 Å². The zero-order valence-electron chi connectivity index (χ0n) is 13.1. The van der Waals surface area contributed by atoms with Crippen LogP contribution >= 0.6 is 0 Å². The first-order chi connectivity index (χ1) is 11.0. The number of carbonyl (C=O) groups excluding carboxylic acids is 2. The van der Waals surface area contributed by atoms with E-state index in [1.54, 1.807) is 24.5 Å². The van der Waals surface area contributed by atoms with Crippen LogP contribution < -0.4 is 11.1 Å². The largest absolute Gasteiger partial charge is 0.368 e. The van der Waals surface area contributed by atoms with E-state index in [1.807, 2.05) is 13.8 Å². The highest BCUT2D eigenvalue weighted by Crippen LogP contribution is 2.12. The lowest BCUT2D eigenvalue weighted by Gasteiger charge is -2.17. The molecule has 0 unspecified atom stereocenters. The number of nitrogens with two attached hydrogens (primary N) is 1. The van der Waals surface area contributed by atoms with E-state index < -0.39 is 17.9 Å². The molecule has 23 heavy (non-hydrogen) atoms. The van der Waals surface area contributed by atoms with Gasteiger partial charge in [-0.3, -0.25) is 14.6 Å². The molecule has 2 heterocycles. The van der Waals surface area contributed by atoms with Crippen molar-refractivity contribution in [2.45, 2.75) is 26.3 Å². The fraction of sp³-hybridized carbons (Fsp3) is 0.312. The molecule has 0 spiro atoms.